The summed E-state index contributed by atoms with van der Waals surface area (Å²) in [7, 11) is 0. The Morgan fingerprint density at radius 2 is 1.48 bits per heavy atom. The molecule has 2 aromatic rings. The number of azo groups is 1. The summed E-state index contributed by atoms with van der Waals surface area (Å²) in [6.45, 7) is 5.64. The van der Waals surface area contributed by atoms with Crippen LogP contribution in [0.3, 0.4) is 0 Å². The molecule has 0 amide bonds. The van der Waals surface area contributed by atoms with Gasteiger partial charge in [0.2, 0.25) is 0 Å². The maximum Gasteiger partial charge on any atom is 0.316 e. The summed E-state index contributed by atoms with van der Waals surface area (Å²) in [5.41, 5.74) is 0.663. The largest absolute Gasteiger partial charge is 0.426 e. The summed E-state index contributed by atoms with van der Waals surface area (Å²) < 4.78 is 18.1. The zero-order valence-electron chi connectivity index (χ0n) is 13.4. The summed E-state index contributed by atoms with van der Waals surface area (Å²) >= 11 is 0. The van der Waals surface area contributed by atoms with Crippen molar-refractivity contribution in [2.75, 3.05) is 0 Å². The minimum Gasteiger partial charge on any atom is -0.426 e. The second-order valence-electron chi connectivity index (χ2n) is 5.80. The predicted octanol–water partition coefficient (Wildman–Crippen LogP) is 5.58. The lowest BCUT2D eigenvalue weighted by Crippen LogP contribution is -2.28. The van der Waals surface area contributed by atoms with Gasteiger partial charge in [-0.2, -0.15) is 10.2 Å². The fourth-order valence-corrected chi connectivity index (χ4v) is 1.59. The maximum absolute atomic E-state index is 12.8. The number of hydrogen-bond acceptors (Lipinski definition) is 4. The lowest BCUT2D eigenvalue weighted by molar-refractivity contribution is -0.144. The van der Waals surface area contributed by atoms with E-state index in [4.69, 9.17) is 4.74 Å². The Morgan fingerprint density at radius 3 is 1.96 bits per heavy atom. The molecule has 0 aliphatic rings. The van der Waals surface area contributed by atoms with E-state index in [-0.39, 0.29) is 11.8 Å². The Morgan fingerprint density at radius 1 is 1.00 bits per heavy atom. The van der Waals surface area contributed by atoms with Crippen LogP contribution in [0.4, 0.5) is 15.8 Å². The number of ether oxygens (including phenoxy) is 1. The minimum atomic E-state index is -0.513. The molecule has 2 rings (SSSR count). The van der Waals surface area contributed by atoms with E-state index < -0.39 is 5.41 Å². The molecule has 5 heteroatoms. The highest BCUT2D eigenvalue weighted by Crippen LogP contribution is 2.25. The molecule has 0 saturated heterocycles. The van der Waals surface area contributed by atoms with Crippen LogP contribution in [0, 0.1) is 11.2 Å². The zero-order chi connectivity index (χ0) is 16.9. The molecule has 0 saturated carbocycles. The highest BCUT2D eigenvalue weighted by molar-refractivity contribution is 5.78. The molecule has 120 valence electrons. The summed E-state index contributed by atoms with van der Waals surface area (Å²) in [5.74, 6) is -0.108. The summed E-state index contributed by atoms with van der Waals surface area (Å²) in [5, 5.41) is 8.06. The van der Waals surface area contributed by atoms with E-state index in [1.165, 1.54) is 12.1 Å². The molecule has 0 spiro atoms. The van der Waals surface area contributed by atoms with Crippen molar-refractivity contribution in [3.63, 3.8) is 0 Å². The van der Waals surface area contributed by atoms with Gasteiger partial charge in [-0.1, -0.05) is 6.92 Å². The van der Waals surface area contributed by atoms with Crippen LogP contribution in [0.5, 0.6) is 5.75 Å². The number of hydrogen-bond donors (Lipinski definition) is 0. The molecule has 0 fully saturated rings. The molecule has 0 radical (unpaired) electrons. The molecule has 4 nitrogen and oxygen atoms in total. The van der Waals surface area contributed by atoms with Crippen LogP contribution < -0.4 is 4.74 Å². The first kappa shape index (κ1) is 16.8. The van der Waals surface area contributed by atoms with Crippen molar-refractivity contribution in [3.8, 4) is 5.75 Å². The van der Waals surface area contributed by atoms with E-state index in [9.17, 15) is 9.18 Å². The second-order valence-corrected chi connectivity index (χ2v) is 5.80. The smallest absolute Gasteiger partial charge is 0.316 e. The number of rotatable bonds is 5. The normalized spacial score (nSPS) is 11.7. The van der Waals surface area contributed by atoms with Gasteiger partial charge in [0.15, 0.2) is 0 Å². The van der Waals surface area contributed by atoms with Gasteiger partial charge in [0.05, 0.1) is 16.8 Å². The third-order valence-corrected chi connectivity index (χ3v) is 3.59. The van der Waals surface area contributed by atoms with Gasteiger partial charge in [0, 0.05) is 0 Å². The molecule has 0 bridgehead atoms. The average molecular weight is 314 g/mol. The molecule has 0 heterocycles. The van der Waals surface area contributed by atoms with Crippen LogP contribution in [0.2, 0.25) is 0 Å². The molecular weight excluding hydrogens is 295 g/mol. The highest BCUT2D eigenvalue weighted by atomic mass is 19.1. The number of benzene rings is 2. The van der Waals surface area contributed by atoms with Gasteiger partial charge in [-0.05, 0) is 68.8 Å². The SMILES string of the molecule is CCC(C)(C)C(=O)Oc1ccc(/N=N/c2ccc(F)cc2)cc1. The molecule has 0 aromatic heterocycles. The van der Waals surface area contributed by atoms with E-state index >= 15 is 0 Å². The first-order valence-corrected chi connectivity index (χ1v) is 7.40. The van der Waals surface area contributed by atoms with Crippen LogP contribution in [0.25, 0.3) is 0 Å². The van der Waals surface area contributed by atoms with Gasteiger partial charge >= 0.3 is 5.97 Å². The Kier molecular flexibility index (Phi) is 5.21. The molecule has 0 atom stereocenters. The lowest BCUT2D eigenvalue weighted by atomic mass is 9.91. The van der Waals surface area contributed by atoms with Gasteiger partial charge in [-0.3, -0.25) is 4.79 Å². The van der Waals surface area contributed by atoms with E-state index in [0.29, 0.717) is 23.5 Å². The van der Waals surface area contributed by atoms with Crippen molar-refractivity contribution >= 4 is 17.3 Å². The topological polar surface area (TPSA) is 51.0 Å². The lowest BCUT2D eigenvalue weighted by Gasteiger charge is -2.19. The fourth-order valence-electron chi connectivity index (χ4n) is 1.59. The Hall–Kier alpha value is -2.56. The quantitative estimate of drug-likeness (QED) is 0.411. The number of esters is 1. The summed E-state index contributed by atoms with van der Waals surface area (Å²) in [6.07, 6.45) is 0.704. The fraction of sp³-hybridized carbons (Fsp3) is 0.278. The van der Waals surface area contributed by atoms with Gasteiger partial charge in [0.1, 0.15) is 11.6 Å². The number of carbonyl (C=O) groups is 1. The Bertz CT molecular complexity index is 692. The van der Waals surface area contributed by atoms with Crippen LogP contribution in [0.1, 0.15) is 27.2 Å². The van der Waals surface area contributed by atoms with Crippen molar-refractivity contribution < 1.29 is 13.9 Å². The summed E-state index contributed by atoms with van der Waals surface area (Å²) in [4.78, 5) is 12.0. The van der Waals surface area contributed by atoms with Crippen LogP contribution in [0.15, 0.2) is 58.8 Å². The number of halogens is 1. The molecule has 23 heavy (non-hydrogen) atoms. The van der Waals surface area contributed by atoms with Gasteiger partial charge in [0.25, 0.3) is 0 Å². The summed E-state index contributed by atoms with van der Waals surface area (Å²) in [6, 6.07) is 12.5. The molecule has 0 unspecified atom stereocenters. The molecule has 2 aromatic carbocycles. The van der Waals surface area contributed by atoms with E-state index in [1.807, 2.05) is 20.8 Å². The van der Waals surface area contributed by atoms with Crippen molar-refractivity contribution in [2.45, 2.75) is 27.2 Å². The first-order chi connectivity index (χ1) is 10.9. The van der Waals surface area contributed by atoms with Crippen LogP contribution in [-0.2, 0) is 4.79 Å². The van der Waals surface area contributed by atoms with Crippen molar-refractivity contribution in [3.05, 3.63) is 54.3 Å². The van der Waals surface area contributed by atoms with Crippen molar-refractivity contribution in [1.82, 2.24) is 0 Å². The molecule has 0 aliphatic heterocycles. The predicted molar refractivity (Wildman–Crippen MR) is 86.7 cm³/mol. The Balaban J connectivity index is 2.02. The van der Waals surface area contributed by atoms with Crippen LogP contribution in [-0.4, -0.2) is 5.97 Å². The number of carbonyl (C=O) groups excluding carboxylic acids is 1. The number of nitrogens with zero attached hydrogens (tertiary/aromatic N) is 2. The van der Waals surface area contributed by atoms with Gasteiger partial charge in [-0.15, -0.1) is 0 Å². The monoisotopic (exact) mass is 314 g/mol. The Labute approximate surface area is 135 Å². The second kappa shape index (κ2) is 7.13. The highest BCUT2D eigenvalue weighted by Gasteiger charge is 2.27. The average Bonchev–Trinajstić information content (AvgIpc) is 2.55. The van der Waals surface area contributed by atoms with Crippen LogP contribution >= 0.6 is 0 Å². The van der Waals surface area contributed by atoms with E-state index in [0.717, 1.165) is 0 Å². The van der Waals surface area contributed by atoms with Gasteiger partial charge < -0.3 is 4.74 Å². The molecular formula is C18H19FN2O2. The van der Waals surface area contributed by atoms with E-state index in [1.54, 1.807) is 36.4 Å². The van der Waals surface area contributed by atoms with Gasteiger partial charge in [-0.25, -0.2) is 4.39 Å². The van der Waals surface area contributed by atoms with Crippen molar-refractivity contribution in [1.29, 1.82) is 0 Å². The minimum absolute atomic E-state index is 0.263. The third-order valence-electron chi connectivity index (χ3n) is 3.59. The van der Waals surface area contributed by atoms with E-state index in [2.05, 4.69) is 10.2 Å². The standard InChI is InChI=1S/C18H19FN2O2/c1-4-18(2,3)17(22)23-16-11-9-15(10-12-16)21-20-14-7-5-13(19)6-8-14/h5-12H,4H2,1-3H3/b21-20+. The van der Waals surface area contributed by atoms with Crippen molar-refractivity contribution in [2.24, 2.45) is 15.6 Å². The molecule has 0 aliphatic carbocycles. The zero-order valence-corrected chi connectivity index (χ0v) is 13.4. The maximum atomic E-state index is 12.8. The first-order valence-electron chi connectivity index (χ1n) is 7.40. The molecule has 0 N–H and O–H groups in total. The third kappa shape index (κ3) is 4.71.